The Morgan fingerprint density at radius 3 is 2.15 bits per heavy atom. The summed E-state index contributed by atoms with van der Waals surface area (Å²) in [4.78, 5) is 45.2. The zero-order valence-electron chi connectivity index (χ0n) is 45.6. The molecule has 2 saturated heterocycles. The highest BCUT2D eigenvalue weighted by Gasteiger charge is 2.32. The number of piperazine rings is 1. The van der Waals surface area contributed by atoms with Crippen molar-refractivity contribution in [2.75, 3.05) is 76.9 Å². The van der Waals surface area contributed by atoms with Crippen molar-refractivity contribution < 1.29 is 37.1 Å². The van der Waals surface area contributed by atoms with Gasteiger partial charge in [0, 0.05) is 82.4 Å². The second-order valence-electron chi connectivity index (χ2n) is 21.6. The maximum atomic E-state index is 14.8. The lowest BCUT2D eigenvalue weighted by molar-refractivity contribution is -0.384. The number of nitro groups is 1. The minimum atomic E-state index is -4.69. The number of imidazole rings is 1. The number of carbonyl (C=O) groups excluding carboxylic acids is 1. The highest BCUT2D eigenvalue weighted by atomic mass is 35.5. The van der Waals surface area contributed by atoms with Gasteiger partial charge >= 0.3 is 5.69 Å². The molecule has 0 radical (unpaired) electrons. The first-order chi connectivity index (χ1) is 38.5. The molecule has 0 unspecified atom stereocenters. The Hall–Kier alpha value is -7.64. The van der Waals surface area contributed by atoms with E-state index in [-0.39, 0.29) is 39.8 Å². The summed E-state index contributed by atoms with van der Waals surface area (Å²) in [7, 11) is 0.136. The average Bonchev–Trinajstić information content (AvgIpc) is 3.89. The van der Waals surface area contributed by atoms with E-state index >= 15 is 0 Å². The molecule has 0 bridgehead atoms. The molecule has 2 aliphatic heterocycles. The van der Waals surface area contributed by atoms with Gasteiger partial charge in [-0.05, 0) is 138 Å². The molecule has 1 aromatic heterocycles. The number of allylic oxidation sites excluding steroid dienone is 1. The van der Waals surface area contributed by atoms with E-state index in [0.717, 1.165) is 74.6 Å². The van der Waals surface area contributed by atoms with Gasteiger partial charge in [-0.3, -0.25) is 28.9 Å². The van der Waals surface area contributed by atoms with Crippen LogP contribution in [-0.4, -0.2) is 100.0 Å². The van der Waals surface area contributed by atoms with Crippen LogP contribution < -0.4 is 34.8 Å². The smallest absolute Gasteiger partial charge is 0.329 e. The lowest BCUT2D eigenvalue weighted by atomic mass is 9.72. The van der Waals surface area contributed by atoms with Crippen molar-refractivity contribution >= 4 is 61.2 Å². The molecule has 17 nitrogen and oxygen atoms in total. The number of halogens is 1. The molecular weight excluding hydrogens is 1060 g/mol. The van der Waals surface area contributed by atoms with E-state index in [1.54, 1.807) is 50.1 Å². The highest BCUT2D eigenvalue weighted by molar-refractivity contribution is 7.90. The number of aryl methyl sites for hydroxylation is 1. The van der Waals surface area contributed by atoms with Crippen molar-refractivity contribution in [2.24, 2.45) is 18.4 Å². The number of benzene rings is 6. The number of anilines is 2. The number of amides is 1. The van der Waals surface area contributed by atoms with E-state index in [4.69, 9.17) is 30.5 Å². The Morgan fingerprint density at radius 1 is 0.850 bits per heavy atom. The summed E-state index contributed by atoms with van der Waals surface area (Å²) in [6.07, 6.45) is 4.67. The molecule has 0 saturated carbocycles. The normalized spacial score (nSPS) is 16.2. The van der Waals surface area contributed by atoms with Crippen LogP contribution in [0.15, 0.2) is 143 Å². The predicted molar refractivity (Wildman–Crippen MR) is 311 cm³/mol. The number of fused-ring (bicyclic) bond motifs is 1. The van der Waals surface area contributed by atoms with Crippen molar-refractivity contribution in [1.82, 2.24) is 18.8 Å². The van der Waals surface area contributed by atoms with Gasteiger partial charge in [0.2, 0.25) is 0 Å². The Labute approximate surface area is 470 Å². The lowest BCUT2D eigenvalue weighted by Gasteiger charge is -2.39. The van der Waals surface area contributed by atoms with Crippen molar-refractivity contribution in [3.05, 3.63) is 181 Å². The van der Waals surface area contributed by atoms with Crippen LogP contribution in [0.1, 0.15) is 79.0 Å². The number of hydrogen-bond acceptors (Lipinski definition) is 13. The van der Waals surface area contributed by atoms with Gasteiger partial charge in [0.25, 0.3) is 21.6 Å². The van der Waals surface area contributed by atoms with E-state index in [2.05, 4.69) is 45.8 Å². The molecule has 3 aliphatic rings. The van der Waals surface area contributed by atoms with Crippen LogP contribution in [0.4, 0.5) is 17.1 Å². The number of nitro benzene ring substituents is 1. The summed E-state index contributed by atoms with van der Waals surface area (Å²) in [5, 5.41) is 16.2. The summed E-state index contributed by atoms with van der Waals surface area (Å²) in [6, 6.07) is 36.3. The predicted octanol–water partition coefficient (Wildman–Crippen LogP) is 11.1. The number of nitrogens with zero attached hydrogens (tertiary/aromatic N) is 5. The third-order valence-electron chi connectivity index (χ3n) is 15.8. The molecule has 80 heavy (non-hydrogen) atoms. The SMILES string of the molecule is COc1ccc(C(c2ccc(OC)cc2)n2c(=O)n(C)c3c(Oc4cc(N5CCN(CC6=C(c7ccc(Cl)cc7)CC(C)(C)CC6)CC5)ccc4C(=O)NS(=O)(=O)c4ccc(NCC5CCOCC5)c([N+](=O)[O-])c4)cccc32)cc1. The van der Waals surface area contributed by atoms with Crippen LogP contribution in [0.5, 0.6) is 23.0 Å². The quantitative estimate of drug-likeness (QED) is 0.0611. The van der Waals surface area contributed by atoms with Crippen LogP contribution in [0.3, 0.4) is 0 Å². The van der Waals surface area contributed by atoms with Gasteiger partial charge in [-0.1, -0.05) is 73.5 Å². The third kappa shape index (κ3) is 12.1. The molecular formula is C61H66ClN7O10S. The molecule has 1 aliphatic carbocycles. The Morgan fingerprint density at radius 2 is 1.51 bits per heavy atom. The second-order valence-corrected chi connectivity index (χ2v) is 23.7. The highest BCUT2D eigenvalue weighted by Crippen LogP contribution is 2.44. The molecule has 2 N–H and O–H groups in total. The Balaban J connectivity index is 0.984. The summed E-state index contributed by atoms with van der Waals surface area (Å²) in [6.45, 7) is 9.95. The van der Waals surface area contributed by atoms with Crippen molar-refractivity contribution in [2.45, 2.75) is 56.9 Å². The number of rotatable bonds is 18. The zero-order valence-corrected chi connectivity index (χ0v) is 47.1. The molecule has 19 heteroatoms. The number of aromatic nitrogens is 2. The van der Waals surface area contributed by atoms with Crippen molar-refractivity contribution in [3.63, 3.8) is 0 Å². The molecule has 10 rings (SSSR count). The summed E-state index contributed by atoms with van der Waals surface area (Å²) in [5.41, 5.74) is 6.71. The second kappa shape index (κ2) is 23.6. The molecule has 3 heterocycles. The third-order valence-corrected chi connectivity index (χ3v) is 17.4. The molecule has 418 valence electrons. The number of carbonyl (C=O) groups is 1. The summed E-state index contributed by atoms with van der Waals surface area (Å²) < 4.78 is 56.8. The Kier molecular flexibility index (Phi) is 16.4. The van der Waals surface area contributed by atoms with Gasteiger partial charge < -0.3 is 29.2 Å². The van der Waals surface area contributed by atoms with Gasteiger partial charge in [-0.25, -0.2) is 17.9 Å². The van der Waals surface area contributed by atoms with E-state index in [9.17, 15) is 28.1 Å². The fourth-order valence-electron chi connectivity index (χ4n) is 11.2. The van der Waals surface area contributed by atoms with Crippen molar-refractivity contribution in [3.8, 4) is 23.0 Å². The number of nitrogens with one attached hydrogen (secondary N) is 2. The van der Waals surface area contributed by atoms with E-state index in [1.165, 1.54) is 39.5 Å². The van der Waals surface area contributed by atoms with Crippen molar-refractivity contribution in [1.29, 1.82) is 0 Å². The molecule has 2 fully saturated rings. The first kappa shape index (κ1) is 55.7. The molecule has 0 atom stereocenters. The first-order valence-electron chi connectivity index (χ1n) is 26.9. The summed E-state index contributed by atoms with van der Waals surface area (Å²) >= 11 is 6.31. The van der Waals surface area contributed by atoms with E-state index in [0.29, 0.717) is 60.4 Å². The van der Waals surface area contributed by atoms with Gasteiger partial charge in [0.15, 0.2) is 5.75 Å². The van der Waals surface area contributed by atoms with E-state index < -0.39 is 37.5 Å². The summed E-state index contributed by atoms with van der Waals surface area (Å²) in [5.74, 6) is 0.754. The van der Waals surface area contributed by atoms with Crippen LogP contribution in [0, 0.1) is 21.4 Å². The first-order valence-corrected chi connectivity index (χ1v) is 28.8. The minimum Gasteiger partial charge on any atom is -0.497 e. The van der Waals surface area contributed by atoms with E-state index in [1.807, 2.05) is 66.7 Å². The fourth-order valence-corrected chi connectivity index (χ4v) is 12.3. The standard InChI is InChI=1S/C61H66ClN7O10S/c1-61(2)28-25-44(51(37-61)41-9-15-45(62)16-10-41)39-66-29-31-67(32-30-66)46-17-23-50(59(70)64-80(74,75)49-22-24-52(54(36-49)69(72)73)63-38-40-26-33-78-34-27-40)56(35-46)79-55-8-6-7-53-58(55)65(3)60(71)68(53)57(42-11-18-47(76-4)19-12-42)43-13-20-48(77-5)21-14-43/h6-24,35-36,40,57,63H,25-34,37-39H2,1-5H3,(H,64,70). The monoisotopic (exact) mass is 1120 g/mol. The molecule has 7 aromatic rings. The number of sulfonamides is 1. The average molecular weight is 1120 g/mol. The van der Waals surface area contributed by atoms with Gasteiger partial charge in [0.05, 0.1) is 41.2 Å². The minimum absolute atomic E-state index is 0.0217. The van der Waals surface area contributed by atoms with Crippen LogP contribution in [0.25, 0.3) is 16.6 Å². The largest absolute Gasteiger partial charge is 0.497 e. The maximum absolute atomic E-state index is 14.8. The Bertz CT molecular complexity index is 3580. The van der Waals surface area contributed by atoms with Gasteiger partial charge in [-0.15, -0.1) is 0 Å². The topological polar surface area (TPSA) is 189 Å². The number of para-hydroxylation sites is 1. The molecule has 1 amide bonds. The van der Waals surface area contributed by atoms with Crippen LogP contribution in [0.2, 0.25) is 5.02 Å². The van der Waals surface area contributed by atoms with Crippen LogP contribution in [-0.2, 0) is 21.8 Å². The molecule has 0 spiro atoms. The molecule has 6 aromatic carbocycles. The number of ether oxygens (including phenoxy) is 4. The zero-order chi connectivity index (χ0) is 56.3. The fraction of sp³-hybridized carbons (Fsp3) is 0.344. The lowest BCUT2D eigenvalue weighted by Crippen LogP contribution is -2.47. The van der Waals surface area contributed by atoms with Crippen LogP contribution >= 0.6 is 11.6 Å². The number of hydrogen-bond donors (Lipinski definition) is 2. The van der Waals surface area contributed by atoms with Gasteiger partial charge in [0.1, 0.15) is 28.5 Å². The van der Waals surface area contributed by atoms with Gasteiger partial charge in [-0.2, -0.15) is 0 Å². The number of methoxy groups -OCH3 is 2. The maximum Gasteiger partial charge on any atom is 0.329 e.